The van der Waals surface area contributed by atoms with E-state index in [2.05, 4.69) is 0 Å². The van der Waals surface area contributed by atoms with E-state index in [9.17, 15) is 13.6 Å². The number of rotatable bonds is 2. The van der Waals surface area contributed by atoms with Crippen molar-refractivity contribution in [2.24, 2.45) is 5.92 Å². The second-order valence-corrected chi connectivity index (χ2v) is 3.64. The van der Waals surface area contributed by atoms with E-state index < -0.39 is 23.3 Å². The Kier molecular flexibility index (Phi) is 3.21. The molecule has 0 atom stereocenters. The van der Waals surface area contributed by atoms with Crippen LogP contribution in [0.25, 0.3) is 0 Å². The zero-order chi connectivity index (χ0) is 10.9. The van der Waals surface area contributed by atoms with Gasteiger partial charge in [-0.1, -0.05) is 25.4 Å². The topological polar surface area (TPSA) is 17.1 Å². The van der Waals surface area contributed by atoms with Gasteiger partial charge in [0, 0.05) is 5.92 Å². The SMILES string of the molecule is CC(C)C(=O)c1c(Cl)ccc(F)c1F. The van der Waals surface area contributed by atoms with E-state index in [1.54, 1.807) is 13.8 Å². The summed E-state index contributed by atoms with van der Waals surface area (Å²) >= 11 is 5.61. The number of carbonyl (C=O) groups is 1. The third-order valence-electron chi connectivity index (χ3n) is 1.81. The number of hydrogen-bond donors (Lipinski definition) is 0. The Morgan fingerprint density at radius 1 is 1.36 bits per heavy atom. The van der Waals surface area contributed by atoms with Crippen LogP contribution in [0.1, 0.15) is 24.2 Å². The Bertz CT molecular complexity index is 375. The predicted octanol–water partition coefficient (Wildman–Crippen LogP) is 3.46. The summed E-state index contributed by atoms with van der Waals surface area (Å²) in [6.45, 7) is 3.20. The molecular weight excluding hydrogens is 210 g/mol. The fourth-order valence-electron chi connectivity index (χ4n) is 1.04. The third-order valence-corrected chi connectivity index (χ3v) is 2.13. The van der Waals surface area contributed by atoms with Crippen molar-refractivity contribution in [2.45, 2.75) is 13.8 Å². The monoisotopic (exact) mass is 218 g/mol. The maximum atomic E-state index is 13.2. The van der Waals surface area contributed by atoms with Gasteiger partial charge in [-0.05, 0) is 12.1 Å². The summed E-state index contributed by atoms with van der Waals surface area (Å²) in [5, 5.41) is -0.0531. The largest absolute Gasteiger partial charge is 0.294 e. The first-order chi connectivity index (χ1) is 6.45. The number of carbonyl (C=O) groups excluding carboxylic acids is 1. The zero-order valence-electron chi connectivity index (χ0n) is 7.77. The van der Waals surface area contributed by atoms with Crippen molar-refractivity contribution in [3.63, 3.8) is 0 Å². The van der Waals surface area contributed by atoms with Crippen molar-refractivity contribution in [3.05, 3.63) is 34.4 Å². The first-order valence-electron chi connectivity index (χ1n) is 4.13. The van der Waals surface area contributed by atoms with Crippen LogP contribution in [0.4, 0.5) is 8.78 Å². The van der Waals surface area contributed by atoms with Crippen molar-refractivity contribution in [1.29, 1.82) is 0 Å². The summed E-state index contributed by atoms with van der Waals surface area (Å²) < 4.78 is 26.0. The highest BCUT2D eigenvalue weighted by molar-refractivity contribution is 6.34. The summed E-state index contributed by atoms with van der Waals surface area (Å²) in [5.41, 5.74) is -0.360. The highest BCUT2D eigenvalue weighted by Gasteiger charge is 2.21. The maximum Gasteiger partial charge on any atom is 0.171 e. The van der Waals surface area contributed by atoms with E-state index in [0.29, 0.717) is 0 Å². The number of Topliss-reactive ketones (excluding diaryl/α,β-unsaturated/α-hetero) is 1. The van der Waals surface area contributed by atoms with Crippen molar-refractivity contribution in [1.82, 2.24) is 0 Å². The fraction of sp³-hybridized carbons (Fsp3) is 0.300. The molecule has 1 aromatic rings. The lowest BCUT2D eigenvalue weighted by Gasteiger charge is -2.07. The predicted molar refractivity (Wildman–Crippen MR) is 50.5 cm³/mol. The fourth-order valence-corrected chi connectivity index (χ4v) is 1.28. The van der Waals surface area contributed by atoms with Gasteiger partial charge in [-0.2, -0.15) is 0 Å². The van der Waals surface area contributed by atoms with E-state index in [0.717, 1.165) is 6.07 Å². The molecule has 4 heteroatoms. The van der Waals surface area contributed by atoms with Crippen LogP contribution in [-0.2, 0) is 0 Å². The van der Waals surface area contributed by atoms with Crippen molar-refractivity contribution in [3.8, 4) is 0 Å². The number of benzene rings is 1. The van der Waals surface area contributed by atoms with Gasteiger partial charge in [0.25, 0.3) is 0 Å². The molecule has 0 unspecified atom stereocenters. The van der Waals surface area contributed by atoms with Gasteiger partial charge in [-0.25, -0.2) is 8.78 Å². The molecule has 0 aliphatic rings. The van der Waals surface area contributed by atoms with Crippen LogP contribution in [0.5, 0.6) is 0 Å². The smallest absolute Gasteiger partial charge is 0.171 e. The number of hydrogen-bond acceptors (Lipinski definition) is 1. The van der Waals surface area contributed by atoms with Crippen LogP contribution < -0.4 is 0 Å². The molecule has 76 valence electrons. The Morgan fingerprint density at radius 2 is 1.93 bits per heavy atom. The van der Waals surface area contributed by atoms with Gasteiger partial charge in [-0.3, -0.25) is 4.79 Å². The lowest BCUT2D eigenvalue weighted by Crippen LogP contribution is -2.11. The van der Waals surface area contributed by atoms with Crippen LogP contribution in [0.15, 0.2) is 12.1 Å². The van der Waals surface area contributed by atoms with E-state index in [4.69, 9.17) is 11.6 Å². The molecule has 0 radical (unpaired) electrons. The molecule has 0 bridgehead atoms. The van der Waals surface area contributed by atoms with Gasteiger partial charge < -0.3 is 0 Å². The van der Waals surface area contributed by atoms with Gasteiger partial charge in [0.05, 0.1) is 10.6 Å². The Labute approximate surface area is 85.7 Å². The molecule has 1 aromatic carbocycles. The molecule has 0 saturated carbocycles. The Hall–Kier alpha value is -0.960. The summed E-state index contributed by atoms with van der Waals surface area (Å²) in [6, 6.07) is 2.07. The summed E-state index contributed by atoms with van der Waals surface area (Å²) in [7, 11) is 0. The molecule has 14 heavy (non-hydrogen) atoms. The summed E-state index contributed by atoms with van der Waals surface area (Å²) in [6.07, 6.45) is 0. The average molecular weight is 219 g/mol. The Morgan fingerprint density at radius 3 is 2.43 bits per heavy atom. The van der Waals surface area contributed by atoms with Crippen molar-refractivity contribution >= 4 is 17.4 Å². The molecule has 0 spiro atoms. The molecule has 0 saturated heterocycles. The normalized spacial score (nSPS) is 10.7. The van der Waals surface area contributed by atoms with Gasteiger partial charge in [0.15, 0.2) is 17.4 Å². The molecule has 0 amide bonds. The van der Waals surface area contributed by atoms with Gasteiger partial charge in [0.1, 0.15) is 0 Å². The van der Waals surface area contributed by atoms with Crippen LogP contribution in [0, 0.1) is 17.6 Å². The minimum atomic E-state index is -1.17. The van der Waals surface area contributed by atoms with Crippen LogP contribution in [0.3, 0.4) is 0 Å². The van der Waals surface area contributed by atoms with Gasteiger partial charge in [0.2, 0.25) is 0 Å². The number of ketones is 1. The third kappa shape index (κ3) is 1.93. The molecule has 1 rings (SSSR count). The molecule has 0 aromatic heterocycles. The molecule has 0 heterocycles. The highest BCUT2D eigenvalue weighted by Crippen LogP contribution is 2.24. The van der Waals surface area contributed by atoms with Crippen LogP contribution in [-0.4, -0.2) is 5.78 Å². The number of halogens is 3. The Balaban J connectivity index is 3.33. The summed E-state index contributed by atoms with van der Waals surface area (Å²) in [4.78, 5) is 11.4. The van der Waals surface area contributed by atoms with Crippen LogP contribution in [0.2, 0.25) is 5.02 Å². The minimum absolute atomic E-state index is 0.0531. The molecule has 0 aliphatic carbocycles. The minimum Gasteiger partial charge on any atom is -0.294 e. The lowest BCUT2D eigenvalue weighted by molar-refractivity contribution is 0.0934. The first kappa shape index (κ1) is 11.1. The van der Waals surface area contributed by atoms with E-state index in [1.807, 2.05) is 0 Å². The standard InChI is InChI=1S/C10H9ClF2O/c1-5(2)10(14)8-6(11)3-4-7(12)9(8)13/h3-5H,1-2H3. The molecule has 0 N–H and O–H groups in total. The van der Waals surface area contributed by atoms with Crippen molar-refractivity contribution < 1.29 is 13.6 Å². The zero-order valence-corrected chi connectivity index (χ0v) is 8.53. The van der Waals surface area contributed by atoms with Gasteiger partial charge >= 0.3 is 0 Å². The average Bonchev–Trinajstić information content (AvgIpc) is 2.12. The molecule has 0 aliphatic heterocycles. The van der Waals surface area contributed by atoms with E-state index >= 15 is 0 Å². The summed E-state index contributed by atoms with van der Waals surface area (Å²) in [5.74, 6) is -3.13. The molecular formula is C10H9ClF2O. The van der Waals surface area contributed by atoms with E-state index in [1.165, 1.54) is 6.07 Å². The molecule has 1 nitrogen and oxygen atoms in total. The van der Waals surface area contributed by atoms with Crippen LogP contribution >= 0.6 is 11.6 Å². The van der Waals surface area contributed by atoms with Crippen molar-refractivity contribution in [2.75, 3.05) is 0 Å². The quantitative estimate of drug-likeness (QED) is 0.549. The first-order valence-corrected chi connectivity index (χ1v) is 4.50. The van der Waals surface area contributed by atoms with E-state index in [-0.39, 0.29) is 10.6 Å². The maximum absolute atomic E-state index is 13.2. The highest BCUT2D eigenvalue weighted by atomic mass is 35.5. The van der Waals surface area contributed by atoms with Gasteiger partial charge in [-0.15, -0.1) is 0 Å². The second-order valence-electron chi connectivity index (χ2n) is 3.24. The molecule has 0 fully saturated rings. The lowest BCUT2D eigenvalue weighted by atomic mass is 10.0. The second kappa shape index (κ2) is 4.05.